The molecule has 0 aliphatic rings. The number of pyridine rings is 1. The molecule has 0 aliphatic heterocycles. The summed E-state index contributed by atoms with van der Waals surface area (Å²) in [4.78, 5) is 4.14. The van der Waals surface area contributed by atoms with Crippen LogP contribution in [0.5, 0.6) is 0 Å². The molecule has 0 unspecified atom stereocenters. The van der Waals surface area contributed by atoms with Crippen molar-refractivity contribution in [3.8, 4) is 0 Å². The van der Waals surface area contributed by atoms with Gasteiger partial charge in [-0.15, -0.1) is 0 Å². The number of hydrogen-bond acceptors (Lipinski definition) is 3. The monoisotopic (exact) mass is 250 g/mol. The van der Waals surface area contributed by atoms with Gasteiger partial charge in [-0.25, -0.2) is 4.98 Å². The van der Waals surface area contributed by atoms with E-state index in [0.717, 1.165) is 11.1 Å². The second kappa shape index (κ2) is 5.70. The molecule has 18 heavy (non-hydrogen) atoms. The van der Waals surface area contributed by atoms with E-state index in [2.05, 4.69) is 32.7 Å². The summed E-state index contributed by atoms with van der Waals surface area (Å²) >= 11 is 0. The Morgan fingerprint density at radius 2 is 1.72 bits per heavy atom. The summed E-state index contributed by atoms with van der Waals surface area (Å²) in [7, 11) is 0. The molecule has 1 aromatic heterocycles. The lowest BCUT2D eigenvalue weighted by atomic mass is 9.78. The Balaban J connectivity index is 3.24. The predicted molar refractivity (Wildman–Crippen MR) is 76.2 cm³/mol. The van der Waals surface area contributed by atoms with Crippen molar-refractivity contribution in [3.63, 3.8) is 0 Å². The minimum atomic E-state index is -0.870. The Hall–Kier alpha value is -1.09. The average molecular weight is 250 g/mol. The number of rotatable bonds is 5. The minimum absolute atomic E-state index is 0.410. The lowest BCUT2D eigenvalue weighted by Gasteiger charge is -2.34. The van der Waals surface area contributed by atoms with Crippen molar-refractivity contribution < 1.29 is 5.11 Å². The van der Waals surface area contributed by atoms with Crippen LogP contribution in [0.4, 0.5) is 5.82 Å². The molecule has 0 amide bonds. The third kappa shape index (κ3) is 3.45. The van der Waals surface area contributed by atoms with E-state index in [1.807, 2.05) is 13.0 Å². The van der Waals surface area contributed by atoms with Crippen LogP contribution in [0.1, 0.15) is 51.7 Å². The highest BCUT2D eigenvalue weighted by molar-refractivity contribution is 5.47. The zero-order valence-electron chi connectivity index (χ0n) is 12.2. The second-order valence-electron chi connectivity index (χ2n) is 6.12. The Kier molecular flexibility index (Phi) is 4.74. The highest BCUT2D eigenvalue weighted by atomic mass is 16.3. The van der Waals surface area contributed by atoms with Crippen molar-refractivity contribution >= 4 is 5.82 Å². The minimum Gasteiger partial charge on any atom is -0.385 e. The quantitative estimate of drug-likeness (QED) is 0.843. The SMILES string of the molecule is Cc1ccnc(N)c1C(O)(CC(C)C)CC(C)C. The van der Waals surface area contributed by atoms with Gasteiger partial charge < -0.3 is 10.8 Å². The molecule has 0 aliphatic carbocycles. The number of aliphatic hydroxyl groups is 1. The summed E-state index contributed by atoms with van der Waals surface area (Å²) in [5.74, 6) is 1.28. The number of nitrogens with zero attached hydrogens (tertiary/aromatic N) is 1. The summed E-state index contributed by atoms with van der Waals surface area (Å²) in [6.07, 6.45) is 3.11. The molecule has 0 aromatic carbocycles. The average Bonchev–Trinajstić information content (AvgIpc) is 2.13. The Bertz CT molecular complexity index is 369. The smallest absolute Gasteiger partial charge is 0.129 e. The highest BCUT2D eigenvalue weighted by Crippen LogP contribution is 2.38. The van der Waals surface area contributed by atoms with Crippen LogP contribution in [-0.4, -0.2) is 10.1 Å². The van der Waals surface area contributed by atoms with Gasteiger partial charge in [-0.3, -0.25) is 0 Å². The van der Waals surface area contributed by atoms with Crippen LogP contribution in [0.25, 0.3) is 0 Å². The maximum absolute atomic E-state index is 11.1. The fourth-order valence-electron chi connectivity index (χ4n) is 2.82. The van der Waals surface area contributed by atoms with Gasteiger partial charge in [-0.05, 0) is 43.2 Å². The Labute approximate surface area is 110 Å². The standard InChI is InChI=1S/C15H26N2O/c1-10(2)8-15(18,9-11(3)4)13-12(5)6-7-17-14(13)16/h6-7,10-11,18H,8-9H2,1-5H3,(H2,16,17). The van der Waals surface area contributed by atoms with Gasteiger partial charge in [-0.2, -0.15) is 0 Å². The molecule has 1 heterocycles. The maximum Gasteiger partial charge on any atom is 0.129 e. The second-order valence-corrected chi connectivity index (χ2v) is 6.12. The van der Waals surface area contributed by atoms with Gasteiger partial charge in [0.1, 0.15) is 5.82 Å². The van der Waals surface area contributed by atoms with E-state index >= 15 is 0 Å². The highest BCUT2D eigenvalue weighted by Gasteiger charge is 2.34. The number of nitrogen functional groups attached to an aromatic ring is 1. The zero-order chi connectivity index (χ0) is 13.9. The van der Waals surface area contributed by atoms with Crippen LogP contribution < -0.4 is 5.73 Å². The lowest BCUT2D eigenvalue weighted by molar-refractivity contribution is -0.00455. The van der Waals surface area contributed by atoms with E-state index in [4.69, 9.17) is 5.73 Å². The largest absolute Gasteiger partial charge is 0.385 e. The van der Waals surface area contributed by atoms with Crippen LogP contribution >= 0.6 is 0 Å². The van der Waals surface area contributed by atoms with Crippen molar-refractivity contribution in [1.82, 2.24) is 4.98 Å². The van der Waals surface area contributed by atoms with Crippen LogP contribution in [0, 0.1) is 18.8 Å². The van der Waals surface area contributed by atoms with E-state index in [9.17, 15) is 5.11 Å². The molecule has 3 N–H and O–H groups in total. The Morgan fingerprint density at radius 1 is 1.22 bits per heavy atom. The molecule has 0 spiro atoms. The Morgan fingerprint density at radius 3 is 2.11 bits per heavy atom. The van der Waals surface area contributed by atoms with Crippen LogP contribution in [0.15, 0.2) is 12.3 Å². The molecule has 102 valence electrons. The summed E-state index contributed by atoms with van der Waals surface area (Å²) in [5.41, 5.74) is 6.95. The molecule has 0 saturated heterocycles. The molecule has 0 atom stereocenters. The van der Waals surface area contributed by atoms with E-state index in [1.165, 1.54) is 0 Å². The first-order valence-electron chi connectivity index (χ1n) is 6.70. The summed E-state index contributed by atoms with van der Waals surface area (Å²) < 4.78 is 0. The number of nitrogens with two attached hydrogens (primary N) is 1. The van der Waals surface area contributed by atoms with Crippen LogP contribution in [0.2, 0.25) is 0 Å². The van der Waals surface area contributed by atoms with Gasteiger partial charge in [0.25, 0.3) is 0 Å². The van der Waals surface area contributed by atoms with Gasteiger partial charge in [0.2, 0.25) is 0 Å². The molecule has 0 bridgehead atoms. The van der Waals surface area contributed by atoms with Gasteiger partial charge in [0, 0.05) is 11.8 Å². The topological polar surface area (TPSA) is 59.1 Å². The fourth-order valence-corrected chi connectivity index (χ4v) is 2.82. The maximum atomic E-state index is 11.1. The van der Waals surface area contributed by atoms with Crippen molar-refractivity contribution in [3.05, 3.63) is 23.4 Å². The van der Waals surface area contributed by atoms with Gasteiger partial charge in [0.05, 0.1) is 5.60 Å². The van der Waals surface area contributed by atoms with Gasteiger partial charge in [0.15, 0.2) is 0 Å². The molecular formula is C15H26N2O. The molecule has 1 aromatic rings. The number of hydrogen-bond donors (Lipinski definition) is 2. The molecule has 1 rings (SSSR count). The van der Waals surface area contributed by atoms with Crippen LogP contribution in [0.3, 0.4) is 0 Å². The van der Waals surface area contributed by atoms with E-state index in [-0.39, 0.29) is 0 Å². The van der Waals surface area contributed by atoms with Crippen molar-refractivity contribution in [2.45, 2.75) is 53.1 Å². The number of anilines is 1. The third-order valence-electron chi connectivity index (χ3n) is 3.15. The van der Waals surface area contributed by atoms with Crippen molar-refractivity contribution in [2.24, 2.45) is 11.8 Å². The lowest BCUT2D eigenvalue weighted by Crippen LogP contribution is -2.32. The third-order valence-corrected chi connectivity index (χ3v) is 3.15. The van der Waals surface area contributed by atoms with E-state index in [0.29, 0.717) is 30.5 Å². The number of aromatic nitrogens is 1. The van der Waals surface area contributed by atoms with Crippen molar-refractivity contribution in [1.29, 1.82) is 0 Å². The summed E-state index contributed by atoms with van der Waals surface area (Å²) in [6, 6.07) is 1.91. The normalized spacial score (nSPS) is 12.4. The molecule has 3 heteroatoms. The molecular weight excluding hydrogens is 224 g/mol. The molecule has 0 fully saturated rings. The van der Waals surface area contributed by atoms with Gasteiger partial charge in [-0.1, -0.05) is 27.7 Å². The molecule has 0 saturated carbocycles. The first kappa shape index (κ1) is 15.0. The van der Waals surface area contributed by atoms with Gasteiger partial charge >= 0.3 is 0 Å². The zero-order valence-corrected chi connectivity index (χ0v) is 12.2. The molecule has 3 nitrogen and oxygen atoms in total. The van der Waals surface area contributed by atoms with E-state index < -0.39 is 5.60 Å². The summed E-state index contributed by atoms with van der Waals surface area (Å²) in [5, 5.41) is 11.1. The van der Waals surface area contributed by atoms with E-state index in [1.54, 1.807) is 6.20 Å². The fraction of sp³-hybridized carbons (Fsp3) is 0.667. The number of aryl methyl sites for hydroxylation is 1. The first-order valence-corrected chi connectivity index (χ1v) is 6.70. The predicted octanol–water partition coefficient (Wildman–Crippen LogP) is 3.25. The first-order chi connectivity index (χ1) is 8.26. The molecule has 0 radical (unpaired) electrons. The summed E-state index contributed by atoms with van der Waals surface area (Å²) in [6.45, 7) is 10.5. The van der Waals surface area contributed by atoms with Crippen molar-refractivity contribution in [2.75, 3.05) is 5.73 Å². The van der Waals surface area contributed by atoms with Crippen LogP contribution in [-0.2, 0) is 5.60 Å².